The summed E-state index contributed by atoms with van der Waals surface area (Å²) >= 11 is 12.0. The van der Waals surface area contributed by atoms with Gasteiger partial charge in [0.2, 0.25) is 5.88 Å². The number of unbranched alkanes of at least 4 members (excludes halogenated alkanes) is 1. The predicted molar refractivity (Wildman–Crippen MR) is 111 cm³/mol. The second-order valence-corrected chi connectivity index (χ2v) is 7.29. The topological polar surface area (TPSA) is 30.3 Å². The molecule has 142 valence electrons. The Kier molecular flexibility index (Phi) is 7.16. The third-order valence-corrected chi connectivity index (χ3v) is 4.95. The Balaban J connectivity index is 1.38. The molecule has 0 saturated heterocycles. The van der Waals surface area contributed by atoms with Crippen LogP contribution in [0.4, 0.5) is 0 Å². The zero-order chi connectivity index (χ0) is 19.1. The highest BCUT2D eigenvalue weighted by molar-refractivity contribution is 6.42. The molecule has 0 N–H and O–H groups in total. The number of ether oxygens (including phenoxy) is 1. The van der Waals surface area contributed by atoms with Crippen molar-refractivity contribution in [3.8, 4) is 11.6 Å². The summed E-state index contributed by atoms with van der Waals surface area (Å²) in [4.78, 5) is 2.33. The monoisotopic (exact) mass is 403 g/mol. The van der Waals surface area contributed by atoms with Crippen molar-refractivity contribution in [2.24, 2.45) is 0 Å². The van der Waals surface area contributed by atoms with E-state index in [4.69, 9.17) is 27.9 Å². The number of rotatable bonds is 9. The number of hydrogen-bond donors (Lipinski definition) is 0. The standard InChI is InChI=1S/C21H23Cl2N3O/c1-25(16-17-7-3-2-4-8-17)12-5-6-14-27-21-11-13-26(24-21)18-9-10-19(22)20(23)15-18/h2-4,7-11,13,15H,5-6,12,14,16H2,1H3. The molecule has 0 amide bonds. The lowest BCUT2D eigenvalue weighted by Crippen LogP contribution is -2.19. The first-order valence-corrected chi connectivity index (χ1v) is 9.74. The van der Waals surface area contributed by atoms with E-state index in [1.165, 1.54) is 5.56 Å². The van der Waals surface area contributed by atoms with Gasteiger partial charge in [0.15, 0.2) is 0 Å². The molecule has 0 radical (unpaired) electrons. The molecule has 0 spiro atoms. The Morgan fingerprint density at radius 3 is 2.59 bits per heavy atom. The highest BCUT2D eigenvalue weighted by Crippen LogP contribution is 2.24. The largest absolute Gasteiger partial charge is 0.477 e. The van der Waals surface area contributed by atoms with E-state index in [1.54, 1.807) is 16.8 Å². The number of benzene rings is 2. The fourth-order valence-electron chi connectivity index (χ4n) is 2.79. The number of hydrogen-bond acceptors (Lipinski definition) is 3. The third kappa shape index (κ3) is 5.99. The van der Waals surface area contributed by atoms with Crippen molar-refractivity contribution in [3.05, 3.63) is 76.4 Å². The molecule has 6 heteroatoms. The zero-order valence-electron chi connectivity index (χ0n) is 15.3. The second kappa shape index (κ2) is 9.79. The minimum atomic E-state index is 0.506. The summed E-state index contributed by atoms with van der Waals surface area (Å²) in [6, 6.07) is 17.8. The average molecular weight is 404 g/mol. The van der Waals surface area contributed by atoms with Gasteiger partial charge in [-0.05, 0) is 50.2 Å². The van der Waals surface area contributed by atoms with Crippen LogP contribution in [-0.2, 0) is 6.54 Å². The van der Waals surface area contributed by atoms with E-state index in [9.17, 15) is 0 Å². The molecule has 0 aliphatic heterocycles. The van der Waals surface area contributed by atoms with E-state index in [0.717, 1.165) is 31.6 Å². The number of aromatic nitrogens is 2. The highest BCUT2D eigenvalue weighted by atomic mass is 35.5. The van der Waals surface area contributed by atoms with E-state index < -0.39 is 0 Å². The van der Waals surface area contributed by atoms with Gasteiger partial charge in [-0.1, -0.05) is 53.5 Å². The lowest BCUT2D eigenvalue weighted by Gasteiger charge is -2.16. The van der Waals surface area contributed by atoms with Gasteiger partial charge in [0.25, 0.3) is 0 Å². The minimum Gasteiger partial charge on any atom is -0.477 e. The van der Waals surface area contributed by atoms with Crippen molar-refractivity contribution in [3.63, 3.8) is 0 Å². The van der Waals surface area contributed by atoms with Crippen LogP contribution >= 0.6 is 23.2 Å². The van der Waals surface area contributed by atoms with Crippen LogP contribution in [0.2, 0.25) is 10.0 Å². The number of nitrogens with zero attached hydrogens (tertiary/aromatic N) is 3. The summed E-state index contributed by atoms with van der Waals surface area (Å²) in [5.41, 5.74) is 2.19. The van der Waals surface area contributed by atoms with Gasteiger partial charge in [-0.25, -0.2) is 4.68 Å². The molecule has 0 bridgehead atoms. The average Bonchev–Trinajstić information content (AvgIpc) is 3.13. The van der Waals surface area contributed by atoms with Crippen molar-refractivity contribution in [2.45, 2.75) is 19.4 Å². The molecule has 0 unspecified atom stereocenters. The molecule has 0 aliphatic carbocycles. The van der Waals surface area contributed by atoms with E-state index in [1.807, 2.05) is 24.4 Å². The van der Waals surface area contributed by atoms with Gasteiger partial charge in [0, 0.05) is 18.8 Å². The molecular weight excluding hydrogens is 381 g/mol. The summed E-state index contributed by atoms with van der Waals surface area (Å²) < 4.78 is 7.48. The molecule has 4 nitrogen and oxygen atoms in total. The first kappa shape index (κ1) is 19.7. The summed E-state index contributed by atoms with van der Waals surface area (Å²) in [7, 11) is 2.15. The first-order valence-electron chi connectivity index (χ1n) is 8.98. The molecule has 3 rings (SSSR count). The van der Waals surface area contributed by atoms with Crippen LogP contribution in [-0.4, -0.2) is 34.9 Å². The summed E-state index contributed by atoms with van der Waals surface area (Å²) in [6.45, 7) is 2.66. The maximum absolute atomic E-state index is 6.06. The summed E-state index contributed by atoms with van der Waals surface area (Å²) in [5, 5.41) is 5.46. The molecule has 3 aromatic rings. The van der Waals surface area contributed by atoms with Gasteiger partial charge in [0.05, 0.1) is 22.3 Å². The summed E-state index contributed by atoms with van der Waals surface area (Å²) in [5.74, 6) is 0.610. The van der Waals surface area contributed by atoms with Crippen LogP contribution in [0.1, 0.15) is 18.4 Å². The van der Waals surface area contributed by atoms with Crippen molar-refractivity contribution in [1.29, 1.82) is 0 Å². The molecule has 0 atom stereocenters. The highest BCUT2D eigenvalue weighted by Gasteiger charge is 2.05. The molecule has 27 heavy (non-hydrogen) atoms. The normalized spacial score (nSPS) is 11.1. The van der Waals surface area contributed by atoms with Gasteiger partial charge in [-0.2, -0.15) is 0 Å². The smallest absolute Gasteiger partial charge is 0.233 e. The molecule has 0 aliphatic rings. The van der Waals surface area contributed by atoms with Crippen molar-refractivity contribution < 1.29 is 4.74 Å². The molecule has 0 saturated carbocycles. The van der Waals surface area contributed by atoms with Gasteiger partial charge in [-0.15, -0.1) is 5.10 Å². The molecule has 1 heterocycles. The van der Waals surface area contributed by atoms with Crippen LogP contribution in [0.25, 0.3) is 5.69 Å². The lowest BCUT2D eigenvalue weighted by molar-refractivity contribution is 0.268. The fraction of sp³-hybridized carbons (Fsp3) is 0.286. The Hall–Kier alpha value is -2.01. The van der Waals surface area contributed by atoms with E-state index >= 15 is 0 Å². The van der Waals surface area contributed by atoms with E-state index in [2.05, 4.69) is 41.3 Å². The molecule has 0 fully saturated rings. The van der Waals surface area contributed by atoms with Gasteiger partial charge in [0.1, 0.15) is 0 Å². The van der Waals surface area contributed by atoms with Gasteiger partial charge < -0.3 is 9.64 Å². The van der Waals surface area contributed by atoms with E-state index in [0.29, 0.717) is 22.5 Å². The Morgan fingerprint density at radius 2 is 1.81 bits per heavy atom. The van der Waals surface area contributed by atoms with Crippen molar-refractivity contribution >= 4 is 23.2 Å². The summed E-state index contributed by atoms with van der Waals surface area (Å²) in [6.07, 6.45) is 3.91. The third-order valence-electron chi connectivity index (χ3n) is 4.21. The van der Waals surface area contributed by atoms with Crippen LogP contribution < -0.4 is 4.74 Å². The number of halogens is 2. The van der Waals surface area contributed by atoms with Crippen molar-refractivity contribution in [2.75, 3.05) is 20.2 Å². The maximum atomic E-state index is 6.06. The van der Waals surface area contributed by atoms with Gasteiger partial charge >= 0.3 is 0 Å². The van der Waals surface area contributed by atoms with Crippen LogP contribution in [0, 0.1) is 0 Å². The Morgan fingerprint density at radius 1 is 1.00 bits per heavy atom. The minimum absolute atomic E-state index is 0.506. The lowest BCUT2D eigenvalue weighted by atomic mass is 10.2. The Bertz CT molecular complexity index is 852. The first-order chi connectivity index (χ1) is 13.1. The Labute approximate surface area is 170 Å². The van der Waals surface area contributed by atoms with Gasteiger partial charge in [-0.3, -0.25) is 0 Å². The fourth-order valence-corrected chi connectivity index (χ4v) is 3.08. The molecule has 2 aromatic carbocycles. The van der Waals surface area contributed by atoms with Crippen LogP contribution in [0.15, 0.2) is 60.8 Å². The van der Waals surface area contributed by atoms with Crippen LogP contribution in [0.5, 0.6) is 5.88 Å². The SMILES string of the molecule is CN(CCCCOc1ccn(-c2ccc(Cl)c(Cl)c2)n1)Cc1ccccc1. The molecular formula is C21H23Cl2N3O. The molecule has 1 aromatic heterocycles. The van der Waals surface area contributed by atoms with E-state index in [-0.39, 0.29) is 0 Å². The quantitative estimate of drug-likeness (QED) is 0.443. The zero-order valence-corrected chi connectivity index (χ0v) is 16.8. The predicted octanol–water partition coefficient (Wildman–Crippen LogP) is 5.47. The maximum Gasteiger partial charge on any atom is 0.233 e. The van der Waals surface area contributed by atoms with Crippen LogP contribution in [0.3, 0.4) is 0 Å². The second-order valence-electron chi connectivity index (χ2n) is 6.48. The van der Waals surface area contributed by atoms with Crippen molar-refractivity contribution in [1.82, 2.24) is 14.7 Å².